The predicted molar refractivity (Wildman–Crippen MR) is 53.6 cm³/mol. The minimum Gasteiger partial charge on any atom is -0.493 e. The average Bonchev–Trinajstić information content (AvgIpc) is 2.61. The van der Waals surface area contributed by atoms with E-state index >= 15 is 0 Å². The number of fused-ring (bicyclic) bond motifs is 1. The van der Waals surface area contributed by atoms with Crippen molar-refractivity contribution in [3.8, 4) is 5.75 Å². The van der Waals surface area contributed by atoms with Crippen LogP contribution in [0.4, 0.5) is 13.2 Å². The van der Waals surface area contributed by atoms with E-state index in [9.17, 15) is 13.2 Å². The van der Waals surface area contributed by atoms with Crippen molar-refractivity contribution in [3.05, 3.63) is 28.3 Å². The first-order valence-electron chi connectivity index (χ1n) is 4.67. The van der Waals surface area contributed by atoms with Crippen molar-refractivity contribution >= 4 is 11.6 Å². The molecule has 2 nitrogen and oxygen atoms in total. The number of hydrogen-bond donors (Lipinski definition) is 1. The smallest absolute Gasteiger partial charge is 0.407 e. The highest BCUT2D eigenvalue weighted by Gasteiger charge is 2.40. The number of benzene rings is 1. The summed E-state index contributed by atoms with van der Waals surface area (Å²) in [7, 11) is 0. The Bertz CT molecular complexity index is 419. The van der Waals surface area contributed by atoms with Gasteiger partial charge in [0.1, 0.15) is 11.8 Å². The molecule has 0 saturated heterocycles. The summed E-state index contributed by atoms with van der Waals surface area (Å²) in [5, 5.41) is 0.249. The lowest BCUT2D eigenvalue weighted by Crippen LogP contribution is -2.28. The fraction of sp³-hybridized carbons (Fsp3) is 0.400. The van der Waals surface area contributed by atoms with Gasteiger partial charge in [-0.15, -0.1) is 0 Å². The molecule has 1 unspecified atom stereocenters. The summed E-state index contributed by atoms with van der Waals surface area (Å²) in [6.07, 6.45) is -3.93. The van der Waals surface area contributed by atoms with E-state index in [0.29, 0.717) is 18.6 Å². The van der Waals surface area contributed by atoms with E-state index in [1.54, 1.807) is 6.07 Å². The second-order valence-electron chi connectivity index (χ2n) is 3.60. The molecule has 0 fully saturated rings. The summed E-state index contributed by atoms with van der Waals surface area (Å²) in [6, 6.07) is 0.762. The molecule has 0 aliphatic carbocycles. The summed E-state index contributed by atoms with van der Waals surface area (Å²) < 4.78 is 42.7. The average molecular weight is 252 g/mol. The van der Waals surface area contributed by atoms with Crippen LogP contribution in [0.15, 0.2) is 12.1 Å². The summed E-state index contributed by atoms with van der Waals surface area (Å²) in [5.41, 5.74) is 5.74. The van der Waals surface area contributed by atoms with Crippen molar-refractivity contribution in [2.75, 3.05) is 6.61 Å². The minimum absolute atomic E-state index is 0.0903. The van der Waals surface area contributed by atoms with Crippen LogP contribution in [0.5, 0.6) is 5.75 Å². The largest absolute Gasteiger partial charge is 0.493 e. The van der Waals surface area contributed by atoms with E-state index in [2.05, 4.69) is 0 Å². The molecule has 0 saturated carbocycles. The number of ether oxygens (including phenoxy) is 1. The number of hydrogen-bond acceptors (Lipinski definition) is 2. The molecule has 6 heteroatoms. The van der Waals surface area contributed by atoms with Crippen LogP contribution >= 0.6 is 11.6 Å². The van der Waals surface area contributed by atoms with Crippen molar-refractivity contribution in [2.24, 2.45) is 5.73 Å². The Kier molecular flexibility index (Phi) is 2.75. The predicted octanol–water partition coefficient (Wildman–Crippen LogP) is 2.84. The molecule has 88 valence electrons. The highest BCUT2D eigenvalue weighted by Crippen LogP contribution is 2.40. The molecule has 0 radical (unpaired) electrons. The highest BCUT2D eigenvalue weighted by atomic mass is 35.5. The van der Waals surface area contributed by atoms with Gasteiger partial charge in [-0.05, 0) is 17.7 Å². The van der Waals surface area contributed by atoms with Gasteiger partial charge < -0.3 is 10.5 Å². The minimum atomic E-state index is -4.50. The van der Waals surface area contributed by atoms with E-state index in [1.165, 1.54) is 6.07 Å². The van der Waals surface area contributed by atoms with Gasteiger partial charge in [0.25, 0.3) is 0 Å². The Morgan fingerprint density at radius 3 is 2.69 bits per heavy atom. The number of halogens is 4. The molecule has 1 atom stereocenters. The molecule has 0 spiro atoms. The molecule has 1 heterocycles. The Labute approximate surface area is 95.1 Å². The van der Waals surface area contributed by atoms with Crippen molar-refractivity contribution in [1.82, 2.24) is 0 Å². The zero-order chi connectivity index (χ0) is 11.9. The third-order valence-electron chi connectivity index (χ3n) is 2.46. The Balaban J connectivity index is 2.49. The van der Waals surface area contributed by atoms with Gasteiger partial charge >= 0.3 is 6.18 Å². The van der Waals surface area contributed by atoms with Gasteiger partial charge in [0.2, 0.25) is 0 Å². The van der Waals surface area contributed by atoms with Crippen LogP contribution < -0.4 is 10.5 Å². The van der Waals surface area contributed by atoms with E-state index in [1.807, 2.05) is 0 Å². The number of nitrogens with two attached hydrogens (primary N) is 1. The maximum absolute atomic E-state index is 12.5. The van der Waals surface area contributed by atoms with Crippen molar-refractivity contribution < 1.29 is 17.9 Å². The zero-order valence-electron chi connectivity index (χ0n) is 8.14. The SMILES string of the molecule is NC(c1cc(Cl)cc2c1OCC2)C(F)(F)F. The molecule has 16 heavy (non-hydrogen) atoms. The summed E-state index contributed by atoms with van der Waals surface area (Å²) in [4.78, 5) is 0. The summed E-state index contributed by atoms with van der Waals surface area (Å²) in [6.45, 7) is 0.368. The lowest BCUT2D eigenvalue weighted by atomic mass is 10.0. The van der Waals surface area contributed by atoms with Crippen LogP contribution in [-0.2, 0) is 6.42 Å². The van der Waals surface area contributed by atoms with Gasteiger partial charge in [0, 0.05) is 17.0 Å². The Hall–Kier alpha value is -0.940. The molecule has 0 bridgehead atoms. The van der Waals surface area contributed by atoms with Gasteiger partial charge in [-0.2, -0.15) is 13.2 Å². The second kappa shape index (κ2) is 3.82. The molecule has 1 aliphatic heterocycles. The fourth-order valence-electron chi connectivity index (χ4n) is 1.71. The first-order chi connectivity index (χ1) is 7.39. The molecule has 0 amide bonds. The third-order valence-corrected chi connectivity index (χ3v) is 2.68. The van der Waals surface area contributed by atoms with Crippen molar-refractivity contribution in [2.45, 2.75) is 18.6 Å². The maximum Gasteiger partial charge on any atom is 0.407 e. The van der Waals surface area contributed by atoms with Gasteiger partial charge in [-0.25, -0.2) is 0 Å². The van der Waals surface area contributed by atoms with Crippen LogP contribution in [0.3, 0.4) is 0 Å². The van der Waals surface area contributed by atoms with Crippen LogP contribution in [0, 0.1) is 0 Å². The molecule has 1 aromatic rings. The van der Waals surface area contributed by atoms with Gasteiger partial charge in [0.05, 0.1) is 6.61 Å². The molecule has 1 aromatic carbocycles. The maximum atomic E-state index is 12.5. The number of alkyl halides is 3. The van der Waals surface area contributed by atoms with E-state index < -0.39 is 12.2 Å². The van der Waals surface area contributed by atoms with Gasteiger partial charge in [-0.1, -0.05) is 11.6 Å². The molecular formula is C10H9ClF3NO. The fourth-order valence-corrected chi connectivity index (χ4v) is 1.95. The Morgan fingerprint density at radius 2 is 2.06 bits per heavy atom. The van der Waals surface area contributed by atoms with E-state index in [4.69, 9.17) is 22.1 Å². The first kappa shape index (κ1) is 11.5. The molecule has 2 rings (SSSR count). The van der Waals surface area contributed by atoms with Crippen LogP contribution in [0.2, 0.25) is 5.02 Å². The van der Waals surface area contributed by atoms with E-state index in [-0.39, 0.29) is 16.3 Å². The van der Waals surface area contributed by atoms with Gasteiger partial charge in [0.15, 0.2) is 0 Å². The number of rotatable bonds is 1. The lowest BCUT2D eigenvalue weighted by molar-refractivity contribution is -0.149. The lowest BCUT2D eigenvalue weighted by Gasteiger charge is -2.18. The van der Waals surface area contributed by atoms with Crippen LogP contribution in [-0.4, -0.2) is 12.8 Å². The molecular weight excluding hydrogens is 243 g/mol. The second-order valence-corrected chi connectivity index (χ2v) is 4.04. The van der Waals surface area contributed by atoms with Crippen molar-refractivity contribution in [1.29, 1.82) is 0 Å². The normalized spacial score (nSPS) is 16.8. The molecule has 2 N–H and O–H groups in total. The Morgan fingerprint density at radius 1 is 1.38 bits per heavy atom. The molecule has 1 aliphatic rings. The topological polar surface area (TPSA) is 35.2 Å². The van der Waals surface area contributed by atoms with E-state index in [0.717, 1.165) is 0 Å². The van der Waals surface area contributed by atoms with Crippen molar-refractivity contribution in [3.63, 3.8) is 0 Å². The zero-order valence-corrected chi connectivity index (χ0v) is 8.90. The van der Waals surface area contributed by atoms with Crippen LogP contribution in [0.25, 0.3) is 0 Å². The van der Waals surface area contributed by atoms with Crippen LogP contribution in [0.1, 0.15) is 17.2 Å². The molecule has 0 aromatic heterocycles. The first-order valence-corrected chi connectivity index (χ1v) is 5.05. The standard InChI is InChI=1S/C10H9ClF3NO/c11-6-3-5-1-2-16-8(5)7(4-6)9(15)10(12,13)14/h3-4,9H,1-2,15H2. The summed E-state index contributed by atoms with van der Waals surface area (Å²) in [5.74, 6) is 0.231. The monoisotopic (exact) mass is 251 g/mol. The third kappa shape index (κ3) is 1.97. The highest BCUT2D eigenvalue weighted by molar-refractivity contribution is 6.30. The summed E-state index contributed by atoms with van der Waals surface area (Å²) >= 11 is 5.74. The quantitative estimate of drug-likeness (QED) is 0.833. The van der Waals surface area contributed by atoms with Gasteiger partial charge in [-0.3, -0.25) is 0 Å².